The van der Waals surface area contributed by atoms with Crippen molar-refractivity contribution in [3.8, 4) is 5.75 Å². The van der Waals surface area contributed by atoms with E-state index < -0.39 is 0 Å². The van der Waals surface area contributed by atoms with Gasteiger partial charge in [0.2, 0.25) is 0 Å². The molecule has 7 nitrogen and oxygen atoms in total. The number of carbonyl (C=O) groups excluding carboxylic acids is 1. The SMILES string of the molecule is CCc1ccc(Nc2nsnc2N[C@@H](c2ccccc2)C(C)(C)C)c(O)c1C(=O)N(C)C. The van der Waals surface area contributed by atoms with E-state index in [0.717, 1.165) is 22.9 Å². The van der Waals surface area contributed by atoms with Gasteiger partial charge in [0.05, 0.1) is 29.0 Å². The molecule has 3 N–H and O–H groups in total. The summed E-state index contributed by atoms with van der Waals surface area (Å²) in [7, 11) is 3.34. The molecule has 32 heavy (non-hydrogen) atoms. The molecule has 0 aliphatic carbocycles. The number of rotatable bonds is 7. The topological polar surface area (TPSA) is 90.4 Å². The summed E-state index contributed by atoms with van der Waals surface area (Å²) >= 11 is 1.08. The van der Waals surface area contributed by atoms with Crippen molar-refractivity contribution in [1.82, 2.24) is 13.6 Å². The van der Waals surface area contributed by atoms with Crippen LogP contribution in [0.5, 0.6) is 5.75 Å². The molecular formula is C24H31N5O2S. The van der Waals surface area contributed by atoms with Gasteiger partial charge in [0.15, 0.2) is 17.4 Å². The van der Waals surface area contributed by atoms with Crippen LogP contribution in [0, 0.1) is 5.41 Å². The molecule has 0 saturated heterocycles. The molecule has 0 spiro atoms. The number of hydrogen-bond acceptors (Lipinski definition) is 7. The maximum Gasteiger partial charge on any atom is 0.257 e. The summed E-state index contributed by atoms with van der Waals surface area (Å²) < 4.78 is 8.82. The van der Waals surface area contributed by atoms with E-state index in [1.165, 1.54) is 4.90 Å². The average Bonchev–Trinajstić information content (AvgIpc) is 3.19. The molecule has 0 bridgehead atoms. The van der Waals surface area contributed by atoms with Crippen molar-refractivity contribution < 1.29 is 9.90 Å². The predicted molar refractivity (Wildman–Crippen MR) is 131 cm³/mol. The van der Waals surface area contributed by atoms with Crippen molar-refractivity contribution in [1.29, 1.82) is 0 Å². The van der Waals surface area contributed by atoms with Crippen LogP contribution in [0.1, 0.15) is 55.2 Å². The van der Waals surface area contributed by atoms with Gasteiger partial charge in [-0.05, 0) is 29.0 Å². The third-order valence-corrected chi connectivity index (χ3v) is 5.82. The van der Waals surface area contributed by atoms with Crippen molar-refractivity contribution in [3.05, 3.63) is 59.2 Å². The number of benzene rings is 2. The fourth-order valence-corrected chi connectivity index (χ4v) is 4.04. The van der Waals surface area contributed by atoms with Crippen molar-refractivity contribution >= 4 is 35.0 Å². The van der Waals surface area contributed by atoms with Gasteiger partial charge in [-0.2, -0.15) is 8.75 Å². The first-order valence-electron chi connectivity index (χ1n) is 10.6. The second-order valence-corrected chi connectivity index (χ2v) is 9.52. The van der Waals surface area contributed by atoms with Crippen LogP contribution >= 0.6 is 11.7 Å². The van der Waals surface area contributed by atoms with E-state index in [0.29, 0.717) is 29.3 Å². The number of hydrogen-bond donors (Lipinski definition) is 3. The highest BCUT2D eigenvalue weighted by Gasteiger charge is 2.28. The Morgan fingerprint density at radius 1 is 1.09 bits per heavy atom. The standard InChI is InChI=1S/C24H31N5O2S/c1-7-15-13-14-17(19(30)18(15)23(31)29(5)6)25-21-22(28-32-27-21)26-20(24(2,3)4)16-11-9-8-10-12-16/h8-14,20,30H,7H2,1-6H3,(H,25,27)(H,26,28)/t20-/m0/s1. The van der Waals surface area contributed by atoms with E-state index in [4.69, 9.17) is 0 Å². The lowest BCUT2D eigenvalue weighted by molar-refractivity contribution is 0.0823. The van der Waals surface area contributed by atoms with E-state index in [1.54, 1.807) is 20.2 Å². The lowest BCUT2D eigenvalue weighted by atomic mass is 9.82. The third-order valence-electron chi connectivity index (χ3n) is 5.29. The molecule has 0 saturated carbocycles. The Bertz CT molecular complexity index is 1070. The number of phenols is 1. The largest absolute Gasteiger partial charge is 0.505 e. The summed E-state index contributed by atoms with van der Waals surface area (Å²) in [6, 6.07) is 13.8. The number of phenolic OH excluding ortho intramolecular Hbond substituents is 1. The number of aromatic hydroxyl groups is 1. The van der Waals surface area contributed by atoms with E-state index in [-0.39, 0.29) is 23.1 Å². The molecular weight excluding hydrogens is 422 g/mol. The summed E-state index contributed by atoms with van der Waals surface area (Å²) in [5.74, 6) is 0.772. The molecule has 3 aromatic rings. The number of nitrogens with one attached hydrogen (secondary N) is 2. The molecule has 0 aliphatic heterocycles. The second kappa shape index (κ2) is 9.56. The van der Waals surface area contributed by atoms with Crippen molar-refractivity contribution in [3.63, 3.8) is 0 Å². The summed E-state index contributed by atoms with van der Waals surface area (Å²) in [5.41, 5.74) is 2.57. The van der Waals surface area contributed by atoms with E-state index in [9.17, 15) is 9.90 Å². The molecule has 170 valence electrons. The zero-order valence-corrected chi connectivity index (χ0v) is 20.2. The average molecular weight is 454 g/mol. The number of amides is 1. The van der Waals surface area contributed by atoms with Crippen LogP contribution in [-0.2, 0) is 6.42 Å². The quantitative estimate of drug-likeness (QED) is 0.412. The molecule has 1 heterocycles. The van der Waals surface area contributed by atoms with Gasteiger partial charge in [-0.15, -0.1) is 0 Å². The minimum Gasteiger partial charge on any atom is -0.505 e. The molecule has 2 aromatic carbocycles. The third kappa shape index (κ3) is 5.02. The minimum absolute atomic E-state index is 0.00454. The number of aromatic nitrogens is 2. The Hall–Kier alpha value is -3.13. The van der Waals surface area contributed by atoms with Gasteiger partial charge in [0, 0.05) is 14.1 Å². The van der Waals surface area contributed by atoms with Crippen LogP contribution in [-0.4, -0.2) is 38.8 Å². The summed E-state index contributed by atoms with van der Waals surface area (Å²) in [4.78, 5) is 14.1. The van der Waals surface area contributed by atoms with Gasteiger partial charge < -0.3 is 20.6 Å². The van der Waals surface area contributed by atoms with Crippen LogP contribution in [0.3, 0.4) is 0 Å². The second-order valence-electron chi connectivity index (χ2n) is 8.99. The highest BCUT2D eigenvalue weighted by atomic mass is 32.1. The van der Waals surface area contributed by atoms with Crippen LogP contribution < -0.4 is 10.6 Å². The number of nitrogens with zero attached hydrogens (tertiary/aromatic N) is 3. The van der Waals surface area contributed by atoms with Crippen molar-refractivity contribution in [2.24, 2.45) is 5.41 Å². The fourth-order valence-electron chi connectivity index (χ4n) is 3.57. The minimum atomic E-state index is -0.241. The summed E-state index contributed by atoms with van der Waals surface area (Å²) in [6.07, 6.45) is 0.637. The molecule has 0 aliphatic rings. The molecule has 0 unspecified atom stereocenters. The lowest BCUT2D eigenvalue weighted by Gasteiger charge is -2.32. The molecule has 3 rings (SSSR count). The Kier molecular flexibility index (Phi) is 7.03. The molecule has 8 heteroatoms. The lowest BCUT2D eigenvalue weighted by Crippen LogP contribution is -2.26. The van der Waals surface area contributed by atoms with E-state index in [1.807, 2.05) is 31.2 Å². The first-order chi connectivity index (χ1) is 15.1. The maximum absolute atomic E-state index is 12.7. The Balaban J connectivity index is 1.94. The number of anilines is 3. The maximum atomic E-state index is 12.7. The molecule has 1 aromatic heterocycles. The van der Waals surface area contributed by atoms with Gasteiger partial charge in [-0.3, -0.25) is 4.79 Å². The Morgan fingerprint density at radius 2 is 1.75 bits per heavy atom. The van der Waals surface area contributed by atoms with Gasteiger partial charge >= 0.3 is 0 Å². The molecule has 1 amide bonds. The number of aryl methyl sites for hydroxylation is 1. The first-order valence-corrected chi connectivity index (χ1v) is 11.3. The molecule has 1 atom stereocenters. The van der Waals surface area contributed by atoms with Crippen molar-refractivity contribution in [2.45, 2.75) is 40.2 Å². The van der Waals surface area contributed by atoms with Crippen LogP contribution in [0.15, 0.2) is 42.5 Å². The van der Waals surface area contributed by atoms with E-state index in [2.05, 4.69) is 52.3 Å². The first kappa shape index (κ1) is 23.5. The van der Waals surface area contributed by atoms with Gasteiger partial charge in [0.1, 0.15) is 0 Å². The normalized spacial score (nSPS) is 12.3. The Labute approximate surface area is 193 Å². The Morgan fingerprint density at radius 3 is 2.34 bits per heavy atom. The predicted octanol–water partition coefficient (Wildman–Crippen LogP) is 5.45. The zero-order valence-electron chi connectivity index (χ0n) is 19.4. The van der Waals surface area contributed by atoms with Gasteiger partial charge in [0.25, 0.3) is 5.91 Å². The van der Waals surface area contributed by atoms with Gasteiger partial charge in [-0.25, -0.2) is 0 Å². The fraction of sp³-hybridized carbons (Fsp3) is 0.375. The monoisotopic (exact) mass is 453 g/mol. The molecule has 0 fully saturated rings. The van der Waals surface area contributed by atoms with Crippen molar-refractivity contribution in [2.75, 3.05) is 24.7 Å². The van der Waals surface area contributed by atoms with E-state index >= 15 is 0 Å². The summed E-state index contributed by atoms with van der Waals surface area (Å²) in [6.45, 7) is 8.45. The summed E-state index contributed by atoms with van der Waals surface area (Å²) in [5, 5.41) is 17.6. The van der Waals surface area contributed by atoms with Crippen LogP contribution in [0.25, 0.3) is 0 Å². The highest BCUT2D eigenvalue weighted by molar-refractivity contribution is 6.99. The molecule has 0 radical (unpaired) electrons. The van der Waals surface area contributed by atoms with Crippen LogP contribution in [0.2, 0.25) is 0 Å². The highest BCUT2D eigenvalue weighted by Crippen LogP contribution is 2.39. The number of carbonyl (C=O) groups is 1. The van der Waals surface area contributed by atoms with Gasteiger partial charge in [-0.1, -0.05) is 64.1 Å². The zero-order chi connectivity index (χ0) is 23.5. The smallest absolute Gasteiger partial charge is 0.257 e. The van der Waals surface area contributed by atoms with Crippen LogP contribution in [0.4, 0.5) is 17.3 Å².